The molecule has 172 valence electrons. The summed E-state index contributed by atoms with van der Waals surface area (Å²) in [6.45, 7) is 11.9. The van der Waals surface area contributed by atoms with Crippen LogP contribution in [0, 0.1) is 17.3 Å². The molecule has 0 radical (unpaired) electrons. The number of allylic oxidation sites excluding steroid dienone is 1. The van der Waals surface area contributed by atoms with Crippen LogP contribution in [0.4, 0.5) is 0 Å². The van der Waals surface area contributed by atoms with Crippen LogP contribution in [0.1, 0.15) is 45.2 Å². The van der Waals surface area contributed by atoms with E-state index in [4.69, 9.17) is 9.15 Å². The van der Waals surface area contributed by atoms with E-state index in [0.29, 0.717) is 6.61 Å². The van der Waals surface area contributed by atoms with Gasteiger partial charge in [-0.05, 0) is 69.1 Å². The van der Waals surface area contributed by atoms with Crippen molar-refractivity contribution in [3.8, 4) is 28.9 Å². The Hall–Kier alpha value is -3.29. The van der Waals surface area contributed by atoms with Gasteiger partial charge in [0, 0.05) is 24.1 Å². The van der Waals surface area contributed by atoms with Gasteiger partial charge in [-0.2, -0.15) is 0 Å². The Kier molecular flexibility index (Phi) is 8.92. The summed E-state index contributed by atoms with van der Waals surface area (Å²) < 4.78 is 11.5. The molecule has 0 fully saturated rings. The molecule has 0 aliphatic carbocycles. The number of hydrogen-bond acceptors (Lipinski definition) is 4. The van der Waals surface area contributed by atoms with Gasteiger partial charge < -0.3 is 9.15 Å². The van der Waals surface area contributed by atoms with E-state index in [1.54, 1.807) is 6.20 Å². The van der Waals surface area contributed by atoms with Gasteiger partial charge in [0.05, 0.1) is 6.20 Å². The standard InChI is InChI=1S/C29H34N2O2/c1-5-16-31(17-8-6-7-15-29(2,3)4)21-24-11-10-14-27(19-24)32-22-25-12-9-13-26(18-25)28-20-30-23-33-28/h6,8-14,18-20,23H,5,16-17,21-22H2,1-4H3. The van der Waals surface area contributed by atoms with Gasteiger partial charge >= 0.3 is 0 Å². The molecule has 0 atom stereocenters. The Morgan fingerprint density at radius 2 is 1.91 bits per heavy atom. The third-order valence-corrected chi connectivity index (χ3v) is 4.91. The molecule has 33 heavy (non-hydrogen) atoms. The maximum Gasteiger partial charge on any atom is 0.181 e. The summed E-state index contributed by atoms with van der Waals surface area (Å²) in [6.07, 6.45) is 8.40. The van der Waals surface area contributed by atoms with Crippen LogP contribution in [-0.2, 0) is 13.2 Å². The summed E-state index contributed by atoms with van der Waals surface area (Å²) in [5.41, 5.74) is 3.36. The van der Waals surface area contributed by atoms with Crippen molar-refractivity contribution in [2.75, 3.05) is 13.1 Å². The van der Waals surface area contributed by atoms with E-state index in [-0.39, 0.29) is 5.41 Å². The zero-order valence-electron chi connectivity index (χ0n) is 20.2. The smallest absolute Gasteiger partial charge is 0.181 e. The molecule has 0 aliphatic rings. The third kappa shape index (κ3) is 8.63. The topological polar surface area (TPSA) is 38.5 Å². The highest BCUT2D eigenvalue weighted by molar-refractivity contribution is 5.57. The first-order valence-electron chi connectivity index (χ1n) is 11.5. The third-order valence-electron chi connectivity index (χ3n) is 4.91. The molecule has 0 N–H and O–H groups in total. The first-order valence-corrected chi connectivity index (χ1v) is 11.5. The number of rotatable bonds is 10. The van der Waals surface area contributed by atoms with Crippen molar-refractivity contribution in [1.82, 2.24) is 9.88 Å². The minimum atomic E-state index is 0.0329. The molecule has 4 heteroatoms. The van der Waals surface area contributed by atoms with E-state index >= 15 is 0 Å². The highest BCUT2D eigenvalue weighted by Crippen LogP contribution is 2.21. The number of oxazole rings is 1. The van der Waals surface area contributed by atoms with Crippen LogP contribution in [0.3, 0.4) is 0 Å². The Morgan fingerprint density at radius 3 is 2.67 bits per heavy atom. The van der Waals surface area contributed by atoms with Gasteiger partial charge in [-0.25, -0.2) is 4.98 Å². The van der Waals surface area contributed by atoms with Gasteiger partial charge in [-0.3, -0.25) is 4.90 Å². The molecule has 1 heterocycles. The molecule has 3 aromatic rings. The van der Waals surface area contributed by atoms with E-state index in [0.717, 1.165) is 48.7 Å². The number of benzene rings is 2. The Bertz CT molecular complexity index is 1080. The van der Waals surface area contributed by atoms with Gasteiger partial charge in [-0.15, -0.1) is 0 Å². The normalized spacial score (nSPS) is 11.5. The lowest BCUT2D eigenvalue weighted by molar-refractivity contribution is 0.290. The van der Waals surface area contributed by atoms with Gasteiger partial charge in [0.2, 0.25) is 0 Å². The molecule has 0 unspecified atom stereocenters. The molecule has 0 saturated heterocycles. The first-order chi connectivity index (χ1) is 15.9. The number of nitrogens with zero attached hydrogens (tertiary/aromatic N) is 2. The molecular weight excluding hydrogens is 408 g/mol. The van der Waals surface area contributed by atoms with E-state index in [2.05, 4.69) is 85.8 Å². The molecular formula is C29H34N2O2. The number of aromatic nitrogens is 1. The fourth-order valence-electron chi connectivity index (χ4n) is 3.40. The largest absolute Gasteiger partial charge is 0.489 e. The van der Waals surface area contributed by atoms with Crippen molar-refractivity contribution in [3.63, 3.8) is 0 Å². The zero-order valence-corrected chi connectivity index (χ0v) is 20.2. The summed E-state index contributed by atoms with van der Waals surface area (Å²) in [7, 11) is 0. The Labute approximate surface area is 198 Å². The lowest BCUT2D eigenvalue weighted by Gasteiger charge is -2.20. The highest BCUT2D eigenvalue weighted by Gasteiger charge is 2.07. The van der Waals surface area contributed by atoms with Gasteiger partial charge in [0.15, 0.2) is 12.2 Å². The lowest BCUT2D eigenvalue weighted by Crippen LogP contribution is -2.24. The van der Waals surface area contributed by atoms with E-state index < -0.39 is 0 Å². The fourth-order valence-corrected chi connectivity index (χ4v) is 3.40. The van der Waals surface area contributed by atoms with Crippen LogP contribution < -0.4 is 4.74 Å². The molecule has 0 saturated carbocycles. The second kappa shape index (κ2) is 12.1. The number of hydrogen-bond donors (Lipinski definition) is 0. The van der Waals surface area contributed by atoms with Crippen molar-refractivity contribution in [2.24, 2.45) is 5.41 Å². The molecule has 3 rings (SSSR count). The molecule has 2 aromatic carbocycles. The van der Waals surface area contributed by atoms with Crippen molar-refractivity contribution in [3.05, 3.63) is 84.4 Å². The summed E-state index contributed by atoms with van der Waals surface area (Å²) in [5, 5.41) is 0. The van der Waals surface area contributed by atoms with Gasteiger partial charge in [-0.1, -0.05) is 55.2 Å². The Morgan fingerprint density at radius 1 is 1.09 bits per heavy atom. The predicted octanol–water partition coefficient (Wildman–Crippen LogP) is 6.74. The average molecular weight is 443 g/mol. The van der Waals surface area contributed by atoms with Crippen molar-refractivity contribution >= 4 is 0 Å². The molecule has 1 aromatic heterocycles. The van der Waals surface area contributed by atoms with E-state index in [1.807, 2.05) is 24.3 Å². The highest BCUT2D eigenvalue weighted by atomic mass is 16.5. The van der Waals surface area contributed by atoms with Gasteiger partial charge in [0.25, 0.3) is 0 Å². The SMILES string of the molecule is CCCN(CC=CC#CC(C)(C)C)Cc1cccc(OCc2cccc(-c3cnco3)c2)c1. The van der Waals surface area contributed by atoms with Crippen molar-refractivity contribution < 1.29 is 9.15 Å². The second-order valence-corrected chi connectivity index (χ2v) is 9.16. The van der Waals surface area contributed by atoms with Crippen molar-refractivity contribution in [1.29, 1.82) is 0 Å². The van der Waals surface area contributed by atoms with E-state index in [1.165, 1.54) is 12.0 Å². The molecule has 4 nitrogen and oxygen atoms in total. The second-order valence-electron chi connectivity index (χ2n) is 9.16. The molecule has 0 spiro atoms. The fraction of sp³-hybridized carbons (Fsp3) is 0.345. The zero-order chi connectivity index (χ0) is 23.5. The minimum absolute atomic E-state index is 0.0329. The quantitative estimate of drug-likeness (QED) is 0.326. The first kappa shape index (κ1) is 24.4. The summed E-state index contributed by atoms with van der Waals surface area (Å²) >= 11 is 0. The molecule has 0 amide bonds. The van der Waals surface area contributed by atoms with Crippen LogP contribution in [0.25, 0.3) is 11.3 Å². The van der Waals surface area contributed by atoms with Crippen LogP contribution in [-0.4, -0.2) is 23.0 Å². The predicted molar refractivity (Wildman–Crippen MR) is 135 cm³/mol. The van der Waals surface area contributed by atoms with Crippen LogP contribution in [0.5, 0.6) is 5.75 Å². The summed E-state index contributed by atoms with van der Waals surface area (Å²) in [6, 6.07) is 16.5. The average Bonchev–Trinajstić information content (AvgIpc) is 3.32. The lowest BCUT2D eigenvalue weighted by atomic mass is 9.98. The van der Waals surface area contributed by atoms with Gasteiger partial charge in [0.1, 0.15) is 12.4 Å². The Balaban J connectivity index is 1.58. The van der Waals surface area contributed by atoms with Crippen LogP contribution >= 0.6 is 0 Å². The summed E-state index contributed by atoms with van der Waals surface area (Å²) in [4.78, 5) is 6.42. The summed E-state index contributed by atoms with van der Waals surface area (Å²) in [5.74, 6) is 8.03. The maximum absolute atomic E-state index is 6.09. The molecule has 0 bridgehead atoms. The molecule has 0 aliphatic heterocycles. The number of ether oxygens (including phenoxy) is 1. The van der Waals surface area contributed by atoms with Crippen LogP contribution in [0.2, 0.25) is 0 Å². The maximum atomic E-state index is 6.09. The minimum Gasteiger partial charge on any atom is -0.489 e. The van der Waals surface area contributed by atoms with Crippen LogP contribution in [0.15, 0.2) is 77.7 Å². The van der Waals surface area contributed by atoms with Crippen molar-refractivity contribution in [2.45, 2.75) is 47.3 Å². The monoisotopic (exact) mass is 442 g/mol. The van der Waals surface area contributed by atoms with E-state index in [9.17, 15) is 0 Å².